The minimum Gasteiger partial charge on any atom is -0.480 e. The van der Waals surface area contributed by atoms with Crippen molar-refractivity contribution in [2.45, 2.75) is 32.7 Å². The fourth-order valence-corrected chi connectivity index (χ4v) is 1.95. The van der Waals surface area contributed by atoms with Crippen molar-refractivity contribution in [2.75, 3.05) is 6.54 Å². The minimum atomic E-state index is -0.983. The Labute approximate surface area is 117 Å². The maximum atomic E-state index is 10.4. The lowest BCUT2D eigenvalue weighted by Gasteiger charge is -2.24. The third-order valence-electron chi connectivity index (χ3n) is 3.10. The van der Waals surface area contributed by atoms with Crippen LogP contribution in [0.15, 0.2) is 18.3 Å². The molecule has 1 aliphatic heterocycles. The van der Waals surface area contributed by atoms with Crippen molar-refractivity contribution in [3.8, 4) is 0 Å². The van der Waals surface area contributed by atoms with Crippen molar-refractivity contribution in [2.24, 2.45) is 5.92 Å². The quantitative estimate of drug-likeness (QED) is 0.760. The van der Waals surface area contributed by atoms with Crippen molar-refractivity contribution in [3.63, 3.8) is 0 Å². The Kier molecular flexibility index (Phi) is 6.11. The first-order valence-electron chi connectivity index (χ1n) is 6.52. The number of pyridine rings is 1. The minimum absolute atomic E-state index is 0.0972. The number of aromatic nitrogens is 1. The lowest BCUT2D eigenvalue weighted by Crippen LogP contribution is -2.42. The van der Waals surface area contributed by atoms with E-state index in [0.717, 1.165) is 24.9 Å². The monoisotopic (exact) mass is 280 g/mol. The second-order valence-corrected chi connectivity index (χ2v) is 5.00. The molecule has 6 heteroatoms. The highest BCUT2D eigenvalue weighted by molar-refractivity contribution is 5.85. The van der Waals surface area contributed by atoms with Gasteiger partial charge in [-0.3, -0.25) is 4.79 Å². The number of carboxylic acids is 2. The van der Waals surface area contributed by atoms with Gasteiger partial charge >= 0.3 is 11.9 Å². The summed E-state index contributed by atoms with van der Waals surface area (Å²) in [6.07, 6.45) is 3.36. The first-order valence-corrected chi connectivity index (χ1v) is 6.52. The molecule has 2 rings (SSSR count). The Morgan fingerprint density at radius 3 is 2.50 bits per heavy atom. The van der Waals surface area contributed by atoms with Gasteiger partial charge in [-0.2, -0.15) is 0 Å². The summed E-state index contributed by atoms with van der Waals surface area (Å²) in [5.74, 6) is -1.14. The van der Waals surface area contributed by atoms with Crippen molar-refractivity contribution >= 4 is 11.9 Å². The van der Waals surface area contributed by atoms with Crippen LogP contribution in [0.3, 0.4) is 0 Å². The first-order chi connectivity index (χ1) is 9.40. The van der Waals surface area contributed by atoms with Gasteiger partial charge in [0.05, 0.1) is 0 Å². The molecule has 0 spiro atoms. The van der Waals surface area contributed by atoms with Gasteiger partial charge in [0.2, 0.25) is 0 Å². The maximum Gasteiger partial charge on any atom is 0.354 e. The molecule has 0 aromatic carbocycles. The van der Waals surface area contributed by atoms with Crippen LogP contribution in [-0.4, -0.2) is 39.7 Å². The Hall–Kier alpha value is -1.95. The predicted octanol–water partition coefficient (Wildman–Crippen LogP) is 1.55. The number of aliphatic carboxylic acids is 1. The summed E-state index contributed by atoms with van der Waals surface area (Å²) in [7, 11) is 0. The van der Waals surface area contributed by atoms with E-state index in [9.17, 15) is 9.59 Å². The molecule has 3 N–H and O–H groups in total. The number of nitrogens with zero attached hydrogens (tertiary/aromatic N) is 1. The molecule has 0 radical (unpaired) electrons. The Balaban J connectivity index is 0.000000200. The van der Waals surface area contributed by atoms with Crippen molar-refractivity contribution < 1.29 is 19.8 Å². The molecule has 2 atom stereocenters. The van der Waals surface area contributed by atoms with Gasteiger partial charge in [0.1, 0.15) is 11.7 Å². The van der Waals surface area contributed by atoms with E-state index in [1.165, 1.54) is 12.3 Å². The molecule has 6 nitrogen and oxygen atoms in total. The van der Waals surface area contributed by atoms with Gasteiger partial charge in [-0.1, -0.05) is 6.92 Å². The van der Waals surface area contributed by atoms with Gasteiger partial charge < -0.3 is 15.5 Å². The Morgan fingerprint density at radius 2 is 2.10 bits per heavy atom. The van der Waals surface area contributed by atoms with E-state index >= 15 is 0 Å². The molecule has 0 amide bonds. The molecule has 0 bridgehead atoms. The normalized spacial score (nSPS) is 21.5. The standard InChI is InChI=1S/C7H13NO2.C7H7NO2/c2*1-5-2-3-8-6(4-5)7(9)10/h5-6,8H,2-4H2,1H3,(H,9,10);2-4H,1H3,(H,9,10)/t5-,6+;/m1./s1. The van der Waals surface area contributed by atoms with Crippen LogP contribution >= 0.6 is 0 Å². The number of rotatable bonds is 2. The largest absolute Gasteiger partial charge is 0.480 e. The van der Waals surface area contributed by atoms with Crippen molar-refractivity contribution in [1.29, 1.82) is 0 Å². The van der Waals surface area contributed by atoms with E-state index in [2.05, 4.69) is 17.2 Å². The van der Waals surface area contributed by atoms with Gasteiger partial charge in [-0.05, 0) is 49.9 Å². The van der Waals surface area contributed by atoms with Crippen LogP contribution in [0.4, 0.5) is 0 Å². The molecule has 20 heavy (non-hydrogen) atoms. The fraction of sp³-hybridized carbons (Fsp3) is 0.500. The summed E-state index contributed by atoms with van der Waals surface area (Å²) in [6.45, 7) is 4.77. The maximum absolute atomic E-state index is 10.4. The van der Waals surface area contributed by atoms with Crippen molar-refractivity contribution in [1.82, 2.24) is 10.3 Å². The zero-order chi connectivity index (χ0) is 15.1. The van der Waals surface area contributed by atoms with Crippen LogP contribution in [0.25, 0.3) is 0 Å². The summed E-state index contributed by atoms with van der Waals surface area (Å²) >= 11 is 0. The number of aryl methyl sites for hydroxylation is 1. The zero-order valence-corrected chi connectivity index (χ0v) is 11.7. The molecular weight excluding hydrogens is 260 g/mol. The molecule has 1 saturated heterocycles. The highest BCUT2D eigenvalue weighted by Gasteiger charge is 2.23. The number of nitrogens with one attached hydrogen (secondary N) is 1. The van der Waals surface area contributed by atoms with Gasteiger partial charge in [0.25, 0.3) is 0 Å². The molecule has 0 aliphatic carbocycles. The van der Waals surface area contributed by atoms with Crippen LogP contribution in [0, 0.1) is 12.8 Å². The average Bonchev–Trinajstić information content (AvgIpc) is 2.39. The van der Waals surface area contributed by atoms with Crippen LogP contribution in [0.2, 0.25) is 0 Å². The zero-order valence-electron chi connectivity index (χ0n) is 11.7. The summed E-state index contributed by atoms with van der Waals surface area (Å²) < 4.78 is 0. The summed E-state index contributed by atoms with van der Waals surface area (Å²) in [5, 5.41) is 20.0. The second-order valence-electron chi connectivity index (χ2n) is 5.00. The number of carbonyl (C=O) groups is 2. The predicted molar refractivity (Wildman–Crippen MR) is 73.8 cm³/mol. The SMILES string of the molecule is C[C@@H]1CCN[C@H](C(=O)O)C1.Cc1ccnc(C(=O)O)c1. The lowest BCUT2D eigenvalue weighted by atomic mass is 9.94. The first kappa shape index (κ1) is 16.1. The smallest absolute Gasteiger partial charge is 0.354 e. The lowest BCUT2D eigenvalue weighted by molar-refractivity contribution is -0.140. The third kappa shape index (κ3) is 5.36. The highest BCUT2D eigenvalue weighted by atomic mass is 16.4. The molecule has 2 heterocycles. The number of hydrogen-bond donors (Lipinski definition) is 3. The van der Waals surface area contributed by atoms with E-state index in [1.807, 2.05) is 6.92 Å². The van der Waals surface area contributed by atoms with Crippen LogP contribution in [0.5, 0.6) is 0 Å². The van der Waals surface area contributed by atoms with E-state index < -0.39 is 11.9 Å². The number of piperidine rings is 1. The fourth-order valence-electron chi connectivity index (χ4n) is 1.95. The molecule has 1 aliphatic rings. The molecule has 0 saturated carbocycles. The number of hydrogen-bond acceptors (Lipinski definition) is 4. The number of aromatic carboxylic acids is 1. The molecule has 1 aromatic rings. The molecule has 0 unspecified atom stereocenters. The van der Waals surface area contributed by atoms with E-state index in [1.54, 1.807) is 6.07 Å². The molecular formula is C14H20N2O4. The van der Waals surface area contributed by atoms with Gasteiger partial charge in [-0.15, -0.1) is 0 Å². The summed E-state index contributed by atoms with van der Waals surface area (Å²) in [5.41, 5.74) is 1.01. The van der Waals surface area contributed by atoms with E-state index in [0.29, 0.717) is 5.92 Å². The number of carboxylic acid groups (broad SMARTS) is 2. The molecule has 110 valence electrons. The molecule has 1 fully saturated rings. The summed E-state index contributed by atoms with van der Waals surface area (Å²) in [4.78, 5) is 24.4. The van der Waals surface area contributed by atoms with Gasteiger partial charge in [0.15, 0.2) is 0 Å². The van der Waals surface area contributed by atoms with Crippen LogP contribution in [0.1, 0.15) is 35.8 Å². The third-order valence-corrected chi connectivity index (χ3v) is 3.10. The van der Waals surface area contributed by atoms with Crippen LogP contribution in [-0.2, 0) is 4.79 Å². The second kappa shape index (κ2) is 7.59. The van der Waals surface area contributed by atoms with Crippen LogP contribution < -0.4 is 5.32 Å². The highest BCUT2D eigenvalue weighted by Crippen LogP contribution is 2.14. The van der Waals surface area contributed by atoms with Crippen molar-refractivity contribution in [3.05, 3.63) is 29.6 Å². The van der Waals surface area contributed by atoms with E-state index in [4.69, 9.17) is 10.2 Å². The Bertz CT molecular complexity index is 476. The topological polar surface area (TPSA) is 99.5 Å². The Morgan fingerprint density at radius 1 is 1.40 bits per heavy atom. The van der Waals surface area contributed by atoms with Gasteiger partial charge in [0, 0.05) is 6.20 Å². The van der Waals surface area contributed by atoms with Gasteiger partial charge in [-0.25, -0.2) is 9.78 Å². The van der Waals surface area contributed by atoms with E-state index in [-0.39, 0.29) is 11.7 Å². The molecule has 1 aromatic heterocycles. The summed E-state index contributed by atoms with van der Waals surface area (Å²) in [6, 6.07) is 2.98. The average molecular weight is 280 g/mol.